The van der Waals surface area contributed by atoms with Crippen LogP contribution in [0.1, 0.15) is 52.9 Å². The molecule has 0 saturated carbocycles. The summed E-state index contributed by atoms with van der Waals surface area (Å²) in [4.78, 5) is 47.6. The number of nitrogens with one attached hydrogen (secondary N) is 1. The lowest BCUT2D eigenvalue weighted by Crippen LogP contribution is -2.27. The molecule has 0 fully saturated rings. The number of hydrogen-bond donors (Lipinski definition) is 5. The molecule has 10 heteroatoms. The van der Waals surface area contributed by atoms with Gasteiger partial charge in [-0.1, -0.05) is 23.3 Å². The van der Waals surface area contributed by atoms with Gasteiger partial charge < -0.3 is 24.9 Å². The van der Waals surface area contributed by atoms with Gasteiger partial charge >= 0.3 is 15.2 Å². The summed E-state index contributed by atoms with van der Waals surface area (Å²) in [5.41, 5.74) is 2.43. The summed E-state index contributed by atoms with van der Waals surface area (Å²) in [5, 5.41) is 0.339. The van der Waals surface area contributed by atoms with Crippen molar-refractivity contribution in [2.45, 2.75) is 58.3 Å². The third-order valence-corrected chi connectivity index (χ3v) is 7.33. The third-order valence-electron chi connectivity index (χ3n) is 3.46. The first-order chi connectivity index (χ1) is 11.3. The second-order valence-corrected chi connectivity index (χ2v) is 10.2. The van der Waals surface area contributed by atoms with E-state index in [0.717, 1.165) is 12.8 Å². The molecule has 5 N–H and O–H groups in total. The zero-order valence-corrected chi connectivity index (χ0v) is 16.7. The number of carbonyl (C=O) groups excluding carboxylic acids is 1. The van der Waals surface area contributed by atoms with Crippen LogP contribution in [-0.2, 0) is 13.9 Å². The van der Waals surface area contributed by atoms with E-state index in [-0.39, 0.29) is 18.9 Å². The molecule has 0 aliphatic carbocycles. The molecule has 8 nitrogen and oxygen atoms in total. The Bertz CT molecular complexity index is 563. The maximum atomic E-state index is 11.7. The van der Waals surface area contributed by atoms with E-state index in [1.165, 1.54) is 11.1 Å². The van der Waals surface area contributed by atoms with Gasteiger partial charge in [-0.3, -0.25) is 13.9 Å². The molecule has 0 aromatic heterocycles. The van der Waals surface area contributed by atoms with Crippen LogP contribution in [0.5, 0.6) is 0 Å². The van der Waals surface area contributed by atoms with Gasteiger partial charge in [0.1, 0.15) is 0 Å². The minimum atomic E-state index is -4.94. The summed E-state index contributed by atoms with van der Waals surface area (Å²) in [6.45, 7) is 5.85. The fourth-order valence-electron chi connectivity index (χ4n) is 2.10. The standard InChI is InChI=1S/C15H29NO7P2/c1-12(2)6-4-7-13(3)8-5-9-14(17)16-11-10-15(24(18,19)20)25(21,22)23/h6,8,15H,4-5,7,9-11H2,1-3H3,(H,16,17)(H2,18,19,20)(H2,21,22,23)/b13-8-. The van der Waals surface area contributed by atoms with Crippen LogP contribution in [0.15, 0.2) is 23.3 Å². The Labute approximate surface area is 148 Å². The highest BCUT2D eigenvalue weighted by atomic mass is 31.2. The molecular formula is C15H29NO7P2. The highest BCUT2D eigenvalue weighted by Gasteiger charge is 2.42. The Kier molecular flexibility index (Phi) is 10.7. The summed E-state index contributed by atoms with van der Waals surface area (Å²) in [6, 6.07) is 0. The molecule has 0 heterocycles. The summed E-state index contributed by atoms with van der Waals surface area (Å²) in [7, 11) is -9.88. The quantitative estimate of drug-likeness (QED) is 0.266. The van der Waals surface area contributed by atoms with E-state index in [1.54, 1.807) is 0 Å². The van der Waals surface area contributed by atoms with Crippen molar-refractivity contribution in [3.05, 3.63) is 23.3 Å². The van der Waals surface area contributed by atoms with Crippen molar-refractivity contribution in [3.63, 3.8) is 0 Å². The van der Waals surface area contributed by atoms with E-state index < -0.39 is 27.0 Å². The monoisotopic (exact) mass is 397 g/mol. The first kappa shape index (κ1) is 24.2. The van der Waals surface area contributed by atoms with Crippen molar-refractivity contribution in [2.75, 3.05) is 6.54 Å². The van der Waals surface area contributed by atoms with Gasteiger partial charge in [-0.2, -0.15) is 0 Å². The average Bonchev–Trinajstić information content (AvgIpc) is 2.40. The Hall–Kier alpha value is -0.750. The second-order valence-electron chi connectivity index (χ2n) is 6.21. The van der Waals surface area contributed by atoms with Crippen LogP contribution in [0, 0.1) is 0 Å². The predicted octanol–water partition coefficient (Wildman–Crippen LogP) is 2.65. The van der Waals surface area contributed by atoms with E-state index in [4.69, 9.17) is 19.6 Å². The molecule has 0 aromatic rings. The molecule has 0 rings (SSSR count). The highest BCUT2D eigenvalue weighted by molar-refractivity contribution is 7.70. The molecular weight excluding hydrogens is 368 g/mol. The molecule has 146 valence electrons. The van der Waals surface area contributed by atoms with E-state index in [2.05, 4.69) is 11.4 Å². The molecule has 0 aromatic carbocycles. The molecule has 0 bridgehead atoms. The fraction of sp³-hybridized carbons (Fsp3) is 0.667. The third kappa shape index (κ3) is 12.3. The van der Waals surface area contributed by atoms with E-state index in [1.807, 2.05) is 26.8 Å². The lowest BCUT2D eigenvalue weighted by molar-refractivity contribution is -0.121. The van der Waals surface area contributed by atoms with Gasteiger partial charge in [0.25, 0.3) is 0 Å². The Morgan fingerprint density at radius 1 is 0.960 bits per heavy atom. The van der Waals surface area contributed by atoms with Crippen molar-refractivity contribution >= 4 is 21.1 Å². The van der Waals surface area contributed by atoms with Crippen LogP contribution in [0.3, 0.4) is 0 Å². The smallest absolute Gasteiger partial charge is 0.340 e. The largest absolute Gasteiger partial charge is 0.356 e. The van der Waals surface area contributed by atoms with Crippen LogP contribution in [-0.4, -0.2) is 37.4 Å². The summed E-state index contributed by atoms with van der Waals surface area (Å²) < 4.78 is 22.2. The van der Waals surface area contributed by atoms with E-state index in [0.29, 0.717) is 6.42 Å². The number of rotatable bonds is 11. The van der Waals surface area contributed by atoms with Crippen molar-refractivity contribution in [1.82, 2.24) is 5.32 Å². The highest BCUT2D eigenvalue weighted by Crippen LogP contribution is 2.61. The van der Waals surface area contributed by atoms with E-state index >= 15 is 0 Å². The van der Waals surface area contributed by atoms with Crippen molar-refractivity contribution in [1.29, 1.82) is 0 Å². The van der Waals surface area contributed by atoms with Gasteiger partial charge in [0.15, 0.2) is 5.40 Å². The molecule has 0 aliphatic rings. The fourth-order valence-corrected chi connectivity index (χ4v) is 4.60. The topological polar surface area (TPSA) is 144 Å². The van der Waals surface area contributed by atoms with Crippen LogP contribution in [0.4, 0.5) is 0 Å². The maximum Gasteiger partial charge on any atom is 0.340 e. The minimum absolute atomic E-state index is 0.205. The Morgan fingerprint density at radius 3 is 1.96 bits per heavy atom. The van der Waals surface area contributed by atoms with Gasteiger partial charge in [-0.25, -0.2) is 0 Å². The van der Waals surface area contributed by atoms with Crippen molar-refractivity contribution in [2.24, 2.45) is 0 Å². The Balaban J connectivity index is 4.22. The van der Waals surface area contributed by atoms with Crippen LogP contribution < -0.4 is 5.32 Å². The van der Waals surface area contributed by atoms with Gasteiger partial charge in [-0.15, -0.1) is 0 Å². The molecule has 0 radical (unpaired) electrons. The lowest BCUT2D eigenvalue weighted by atomic mass is 10.1. The van der Waals surface area contributed by atoms with Gasteiger partial charge in [-0.05, 0) is 46.5 Å². The molecule has 0 saturated heterocycles. The second kappa shape index (κ2) is 11.1. The molecule has 0 spiro atoms. The number of allylic oxidation sites excluding steroid dienone is 4. The first-order valence-electron chi connectivity index (χ1n) is 8.00. The summed E-state index contributed by atoms with van der Waals surface area (Å²) >= 11 is 0. The number of hydrogen-bond acceptors (Lipinski definition) is 3. The SMILES string of the molecule is CC(C)=CCC/C(C)=C\CCC(=O)NCCC(P(=O)(O)O)P(=O)(O)O. The van der Waals surface area contributed by atoms with E-state index in [9.17, 15) is 13.9 Å². The van der Waals surface area contributed by atoms with Crippen LogP contribution in [0.25, 0.3) is 0 Å². The van der Waals surface area contributed by atoms with Crippen molar-refractivity contribution in [3.8, 4) is 0 Å². The first-order valence-corrected chi connectivity index (χ1v) is 11.4. The zero-order chi connectivity index (χ0) is 19.7. The summed E-state index contributed by atoms with van der Waals surface area (Å²) in [6.07, 6.45) is 6.22. The number of carbonyl (C=O) groups is 1. The Morgan fingerprint density at radius 2 is 1.48 bits per heavy atom. The average molecular weight is 397 g/mol. The van der Waals surface area contributed by atoms with Crippen LogP contribution in [0.2, 0.25) is 0 Å². The summed E-state index contributed by atoms with van der Waals surface area (Å²) in [5.74, 6) is -0.330. The number of amides is 1. The predicted molar refractivity (Wildman–Crippen MR) is 97.2 cm³/mol. The van der Waals surface area contributed by atoms with Gasteiger partial charge in [0, 0.05) is 13.0 Å². The minimum Gasteiger partial charge on any atom is -0.356 e. The molecule has 0 unspecified atom stereocenters. The maximum absolute atomic E-state index is 11.7. The zero-order valence-electron chi connectivity index (χ0n) is 14.9. The van der Waals surface area contributed by atoms with Crippen molar-refractivity contribution < 1.29 is 33.5 Å². The normalized spacial score (nSPS) is 13.0. The molecule has 0 atom stereocenters. The molecule has 25 heavy (non-hydrogen) atoms. The van der Waals surface area contributed by atoms with Gasteiger partial charge in [0.2, 0.25) is 5.91 Å². The molecule has 1 amide bonds. The molecule has 0 aliphatic heterocycles. The lowest BCUT2D eigenvalue weighted by Gasteiger charge is -2.19. The van der Waals surface area contributed by atoms with Crippen LogP contribution >= 0.6 is 15.2 Å². The van der Waals surface area contributed by atoms with Gasteiger partial charge in [0.05, 0.1) is 0 Å².